The fraction of sp³-hybridized carbons (Fsp3) is 0.474. The predicted molar refractivity (Wildman–Crippen MR) is 95.1 cm³/mol. The molecule has 0 aromatic heterocycles. The second kappa shape index (κ2) is 9.56. The van der Waals surface area contributed by atoms with Gasteiger partial charge in [0.1, 0.15) is 6.42 Å². The van der Waals surface area contributed by atoms with E-state index in [1.807, 2.05) is 0 Å². The van der Waals surface area contributed by atoms with E-state index in [1.165, 1.54) is 30.7 Å². The molecular formula is C19H23N3O4. The van der Waals surface area contributed by atoms with E-state index in [0.717, 1.165) is 19.3 Å². The van der Waals surface area contributed by atoms with Crippen LogP contribution in [0.5, 0.6) is 0 Å². The van der Waals surface area contributed by atoms with Crippen LogP contribution in [-0.2, 0) is 14.3 Å². The molecule has 2 amide bonds. The van der Waals surface area contributed by atoms with Crippen molar-refractivity contribution in [1.82, 2.24) is 5.32 Å². The Kier molecular flexibility index (Phi) is 7.15. The summed E-state index contributed by atoms with van der Waals surface area (Å²) in [6.07, 6.45) is 4.11. The van der Waals surface area contributed by atoms with Gasteiger partial charge in [-0.3, -0.25) is 9.59 Å². The zero-order chi connectivity index (χ0) is 18.9. The van der Waals surface area contributed by atoms with Crippen LogP contribution in [0.3, 0.4) is 0 Å². The molecule has 1 saturated carbocycles. The average molecular weight is 357 g/mol. The lowest BCUT2D eigenvalue weighted by atomic mass is 9.86. The third kappa shape index (κ3) is 5.88. The van der Waals surface area contributed by atoms with Gasteiger partial charge in [0.2, 0.25) is 5.91 Å². The number of nitrogens with one attached hydrogen (secondary N) is 2. The van der Waals surface area contributed by atoms with Gasteiger partial charge in [-0.15, -0.1) is 0 Å². The van der Waals surface area contributed by atoms with E-state index >= 15 is 0 Å². The third-order valence-electron chi connectivity index (χ3n) is 4.44. The second-order valence-electron chi connectivity index (χ2n) is 6.47. The minimum absolute atomic E-state index is 0.145. The molecule has 0 saturated heterocycles. The maximum atomic E-state index is 12.0. The molecule has 0 spiro atoms. The number of carbonyl (C=O) groups excluding carboxylic acids is 3. The van der Waals surface area contributed by atoms with Crippen molar-refractivity contribution in [3.63, 3.8) is 0 Å². The van der Waals surface area contributed by atoms with Crippen molar-refractivity contribution >= 4 is 23.5 Å². The summed E-state index contributed by atoms with van der Waals surface area (Å²) in [5.74, 6) is -0.882. The van der Waals surface area contributed by atoms with E-state index in [0.29, 0.717) is 11.6 Å². The smallest absolute Gasteiger partial charge is 0.338 e. The number of ether oxygens (including phenoxy) is 1. The van der Waals surface area contributed by atoms with Gasteiger partial charge >= 0.3 is 5.97 Å². The molecule has 1 aromatic carbocycles. The first-order valence-corrected chi connectivity index (χ1v) is 8.73. The number of benzene rings is 1. The normalized spacial score (nSPS) is 19.1. The van der Waals surface area contributed by atoms with E-state index in [1.54, 1.807) is 6.07 Å². The Morgan fingerprint density at radius 1 is 1.15 bits per heavy atom. The van der Waals surface area contributed by atoms with Crippen LogP contribution < -0.4 is 10.6 Å². The Balaban J connectivity index is 1.79. The molecule has 1 fully saturated rings. The highest BCUT2D eigenvalue weighted by molar-refractivity contribution is 5.94. The molecule has 0 aliphatic heterocycles. The topological polar surface area (TPSA) is 108 Å². The third-order valence-corrected chi connectivity index (χ3v) is 4.44. The summed E-state index contributed by atoms with van der Waals surface area (Å²) in [6, 6.07) is 7.95. The van der Waals surface area contributed by atoms with Crippen molar-refractivity contribution in [2.24, 2.45) is 5.92 Å². The first kappa shape index (κ1) is 19.4. The molecule has 7 nitrogen and oxygen atoms in total. The van der Waals surface area contributed by atoms with Crippen molar-refractivity contribution in [3.8, 4) is 6.07 Å². The van der Waals surface area contributed by atoms with Gasteiger partial charge in [-0.1, -0.05) is 19.8 Å². The van der Waals surface area contributed by atoms with Gasteiger partial charge in [0.15, 0.2) is 6.61 Å². The molecule has 26 heavy (non-hydrogen) atoms. The quantitative estimate of drug-likeness (QED) is 0.760. The highest BCUT2D eigenvalue weighted by atomic mass is 16.5. The van der Waals surface area contributed by atoms with Crippen molar-refractivity contribution in [1.29, 1.82) is 5.26 Å². The van der Waals surface area contributed by atoms with Gasteiger partial charge in [0.25, 0.3) is 5.91 Å². The minimum Gasteiger partial charge on any atom is -0.452 e. The first-order chi connectivity index (χ1) is 12.5. The molecule has 2 atom stereocenters. The summed E-state index contributed by atoms with van der Waals surface area (Å²) in [6.45, 7) is 1.80. The van der Waals surface area contributed by atoms with E-state index < -0.39 is 11.9 Å². The molecule has 0 radical (unpaired) electrons. The minimum atomic E-state index is -0.605. The molecule has 1 aliphatic rings. The number of esters is 1. The molecule has 138 valence electrons. The number of amides is 2. The summed E-state index contributed by atoms with van der Waals surface area (Å²) in [7, 11) is 0. The van der Waals surface area contributed by atoms with E-state index in [2.05, 4.69) is 17.6 Å². The van der Waals surface area contributed by atoms with Crippen LogP contribution in [0.25, 0.3) is 0 Å². The Morgan fingerprint density at radius 3 is 2.50 bits per heavy atom. The zero-order valence-corrected chi connectivity index (χ0v) is 14.8. The first-order valence-electron chi connectivity index (χ1n) is 8.73. The van der Waals surface area contributed by atoms with E-state index in [-0.39, 0.29) is 30.5 Å². The fourth-order valence-electron chi connectivity index (χ4n) is 2.96. The van der Waals surface area contributed by atoms with Gasteiger partial charge in [-0.2, -0.15) is 5.26 Å². The lowest BCUT2D eigenvalue weighted by Gasteiger charge is -2.29. The van der Waals surface area contributed by atoms with E-state index in [4.69, 9.17) is 10.00 Å². The van der Waals surface area contributed by atoms with Crippen LogP contribution in [0, 0.1) is 17.2 Å². The van der Waals surface area contributed by atoms with Crippen LogP contribution in [0.15, 0.2) is 24.3 Å². The average Bonchev–Trinajstić information content (AvgIpc) is 2.62. The molecule has 0 heterocycles. The maximum absolute atomic E-state index is 12.0. The molecule has 7 heteroatoms. The summed E-state index contributed by atoms with van der Waals surface area (Å²) >= 11 is 0. The Hall–Kier alpha value is -2.88. The molecule has 2 N–H and O–H groups in total. The fourth-order valence-corrected chi connectivity index (χ4v) is 2.96. The highest BCUT2D eigenvalue weighted by Crippen LogP contribution is 2.23. The van der Waals surface area contributed by atoms with Crippen molar-refractivity contribution in [2.45, 2.75) is 45.1 Å². The maximum Gasteiger partial charge on any atom is 0.338 e. The van der Waals surface area contributed by atoms with Gasteiger partial charge < -0.3 is 15.4 Å². The number of anilines is 1. The van der Waals surface area contributed by atoms with Gasteiger partial charge in [-0.05, 0) is 43.0 Å². The largest absolute Gasteiger partial charge is 0.452 e. The molecule has 1 aromatic rings. The van der Waals surface area contributed by atoms with Crippen molar-refractivity contribution < 1.29 is 19.1 Å². The number of hydrogen-bond acceptors (Lipinski definition) is 5. The highest BCUT2D eigenvalue weighted by Gasteiger charge is 2.23. The van der Waals surface area contributed by atoms with Crippen LogP contribution in [-0.4, -0.2) is 30.4 Å². The Morgan fingerprint density at radius 2 is 1.85 bits per heavy atom. The number of carbonyl (C=O) groups is 3. The molecule has 1 aliphatic carbocycles. The number of rotatable bonds is 6. The number of nitriles is 1. The van der Waals surface area contributed by atoms with Gasteiger partial charge in [0, 0.05) is 11.7 Å². The molecule has 0 unspecified atom stereocenters. The van der Waals surface area contributed by atoms with Gasteiger partial charge in [0.05, 0.1) is 11.6 Å². The molecule has 0 bridgehead atoms. The van der Waals surface area contributed by atoms with Crippen molar-refractivity contribution in [2.75, 3.05) is 11.9 Å². The number of hydrogen-bond donors (Lipinski definition) is 2. The van der Waals surface area contributed by atoms with Crippen molar-refractivity contribution in [3.05, 3.63) is 29.8 Å². The number of nitrogens with zero attached hydrogens (tertiary/aromatic N) is 1. The monoisotopic (exact) mass is 357 g/mol. The van der Waals surface area contributed by atoms with E-state index in [9.17, 15) is 14.4 Å². The summed E-state index contributed by atoms with van der Waals surface area (Å²) < 4.78 is 5.04. The summed E-state index contributed by atoms with van der Waals surface area (Å²) in [5, 5.41) is 13.9. The summed E-state index contributed by atoms with van der Waals surface area (Å²) in [4.78, 5) is 35.3. The second-order valence-corrected chi connectivity index (χ2v) is 6.47. The summed E-state index contributed by atoms with van der Waals surface area (Å²) in [5.41, 5.74) is 0.757. The lowest BCUT2D eigenvalue weighted by molar-refractivity contribution is -0.125. The van der Waals surface area contributed by atoms with Crippen LogP contribution in [0.1, 0.15) is 49.4 Å². The lowest BCUT2D eigenvalue weighted by Crippen LogP contribution is -2.42. The van der Waals surface area contributed by atoms with Crippen LogP contribution in [0.2, 0.25) is 0 Å². The Bertz CT molecular complexity index is 694. The predicted octanol–water partition coefficient (Wildman–Crippen LogP) is 2.39. The standard InChI is InChI=1S/C19H23N3O4/c1-13-4-2-3-5-16(13)22-18(24)12-26-19(25)14-6-8-15(9-7-14)21-17(23)10-11-20/h6-9,13,16H,2-5,10,12H2,1H3,(H,21,23)(H,22,24)/t13-,16+/m0/s1. The van der Waals surface area contributed by atoms with Crippen LogP contribution in [0.4, 0.5) is 5.69 Å². The van der Waals surface area contributed by atoms with Crippen LogP contribution >= 0.6 is 0 Å². The molecule has 2 rings (SSSR count). The Labute approximate surface area is 152 Å². The van der Waals surface area contributed by atoms with Gasteiger partial charge in [-0.25, -0.2) is 4.79 Å². The zero-order valence-electron chi connectivity index (χ0n) is 14.8. The SMILES string of the molecule is C[C@H]1CCCC[C@H]1NC(=O)COC(=O)c1ccc(NC(=O)CC#N)cc1. The molecular weight excluding hydrogens is 334 g/mol.